The van der Waals surface area contributed by atoms with Gasteiger partial charge in [-0.15, -0.1) is 0 Å². The van der Waals surface area contributed by atoms with Crippen molar-refractivity contribution >= 4 is 25.8 Å². The summed E-state index contributed by atoms with van der Waals surface area (Å²) in [5.41, 5.74) is 6.96. The Kier molecular flexibility index (Phi) is 4.08. The third kappa shape index (κ3) is 3.30. The van der Waals surface area contributed by atoms with Crippen molar-refractivity contribution in [2.24, 2.45) is 11.7 Å². The van der Waals surface area contributed by atoms with Crippen molar-refractivity contribution in [1.82, 2.24) is 0 Å². The smallest absolute Gasteiger partial charge is 0.150 e. The SMILES string of the molecule is NC(Cc1ccc(F)c(Br)c1)C1CCS(=O)(=O)C1. The second-order valence-electron chi connectivity index (χ2n) is 4.78. The summed E-state index contributed by atoms with van der Waals surface area (Å²) < 4.78 is 36.3. The second-order valence-corrected chi connectivity index (χ2v) is 7.86. The normalized spacial score (nSPS) is 24.1. The van der Waals surface area contributed by atoms with Crippen LogP contribution >= 0.6 is 15.9 Å². The molecule has 0 bridgehead atoms. The molecule has 1 aliphatic rings. The van der Waals surface area contributed by atoms with Crippen LogP contribution in [0.2, 0.25) is 0 Å². The molecule has 0 radical (unpaired) electrons. The van der Waals surface area contributed by atoms with Crippen molar-refractivity contribution in [3.05, 3.63) is 34.1 Å². The molecule has 100 valence electrons. The highest BCUT2D eigenvalue weighted by Gasteiger charge is 2.31. The van der Waals surface area contributed by atoms with E-state index >= 15 is 0 Å². The summed E-state index contributed by atoms with van der Waals surface area (Å²) in [5, 5.41) is 0. The molecular weight excluding hydrogens is 321 g/mol. The second kappa shape index (κ2) is 5.27. The van der Waals surface area contributed by atoms with E-state index in [9.17, 15) is 12.8 Å². The maximum atomic E-state index is 13.1. The Bertz CT molecular complexity index is 547. The minimum atomic E-state index is -2.90. The largest absolute Gasteiger partial charge is 0.327 e. The van der Waals surface area contributed by atoms with Crippen molar-refractivity contribution in [2.45, 2.75) is 18.9 Å². The summed E-state index contributed by atoms with van der Waals surface area (Å²) in [4.78, 5) is 0. The summed E-state index contributed by atoms with van der Waals surface area (Å²) in [6.07, 6.45) is 1.20. The van der Waals surface area contributed by atoms with Crippen molar-refractivity contribution in [3.8, 4) is 0 Å². The van der Waals surface area contributed by atoms with Gasteiger partial charge in [0.15, 0.2) is 9.84 Å². The van der Waals surface area contributed by atoms with E-state index in [1.807, 2.05) is 0 Å². The molecule has 1 aliphatic heterocycles. The number of hydrogen-bond acceptors (Lipinski definition) is 3. The highest BCUT2D eigenvalue weighted by Crippen LogP contribution is 2.24. The van der Waals surface area contributed by atoms with E-state index in [4.69, 9.17) is 5.73 Å². The number of benzene rings is 1. The standard InChI is InChI=1S/C12H15BrFNO2S/c13-10-5-8(1-2-11(10)14)6-12(15)9-3-4-18(16,17)7-9/h1-2,5,9,12H,3-4,6-7,15H2. The Balaban J connectivity index is 2.03. The topological polar surface area (TPSA) is 60.2 Å². The first kappa shape index (κ1) is 14.0. The molecular formula is C12H15BrFNO2S. The molecule has 1 aromatic carbocycles. The van der Waals surface area contributed by atoms with E-state index in [0.717, 1.165) is 5.56 Å². The zero-order valence-corrected chi connectivity index (χ0v) is 12.2. The summed E-state index contributed by atoms with van der Waals surface area (Å²) in [6, 6.07) is 4.57. The Morgan fingerprint density at radius 3 is 2.78 bits per heavy atom. The fourth-order valence-electron chi connectivity index (χ4n) is 2.27. The summed E-state index contributed by atoms with van der Waals surface area (Å²) in [7, 11) is -2.90. The van der Waals surface area contributed by atoms with Gasteiger partial charge >= 0.3 is 0 Å². The highest BCUT2D eigenvalue weighted by molar-refractivity contribution is 9.10. The van der Waals surface area contributed by atoms with Crippen LogP contribution in [0.3, 0.4) is 0 Å². The van der Waals surface area contributed by atoms with Gasteiger partial charge < -0.3 is 5.73 Å². The molecule has 2 atom stereocenters. The Morgan fingerprint density at radius 1 is 1.50 bits per heavy atom. The van der Waals surface area contributed by atoms with Crippen molar-refractivity contribution < 1.29 is 12.8 Å². The lowest BCUT2D eigenvalue weighted by Gasteiger charge is -2.17. The third-order valence-electron chi connectivity index (χ3n) is 3.33. The van der Waals surface area contributed by atoms with Crippen LogP contribution in [0.4, 0.5) is 4.39 Å². The fourth-order valence-corrected chi connectivity index (χ4v) is 4.59. The fraction of sp³-hybridized carbons (Fsp3) is 0.500. The number of hydrogen-bond donors (Lipinski definition) is 1. The van der Waals surface area contributed by atoms with Gasteiger partial charge in [0.25, 0.3) is 0 Å². The number of nitrogens with two attached hydrogens (primary N) is 1. The van der Waals surface area contributed by atoms with Crippen LogP contribution in [0.5, 0.6) is 0 Å². The van der Waals surface area contributed by atoms with E-state index in [0.29, 0.717) is 17.3 Å². The lowest BCUT2D eigenvalue weighted by Crippen LogP contribution is -2.33. The third-order valence-corrected chi connectivity index (χ3v) is 5.73. The Hall–Kier alpha value is -0.460. The molecule has 0 aromatic heterocycles. The van der Waals surface area contributed by atoms with E-state index in [2.05, 4.69) is 15.9 Å². The molecule has 1 fully saturated rings. The van der Waals surface area contributed by atoms with E-state index in [1.54, 1.807) is 12.1 Å². The summed E-state index contributed by atoms with van der Waals surface area (Å²) in [5.74, 6) is 0.115. The molecule has 2 unspecified atom stereocenters. The average molecular weight is 336 g/mol. The number of halogens is 2. The van der Waals surface area contributed by atoms with Crippen LogP contribution < -0.4 is 5.73 Å². The average Bonchev–Trinajstić information content (AvgIpc) is 2.64. The summed E-state index contributed by atoms with van der Waals surface area (Å²) >= 11 is 3.13. The molecule has 2 rings (SSSR count). The van der Waals surface area contributed by atoms with Crippen LogP contribution in [-0.2, 0) is 16.3 Å². The molecule has 2 N–H and O–H groups in total. The summed E-state index contributed by atoms with van der Waals surface area (Å²) in [6.45, 7) is 0. The van der Waals surface area contributed by atoms with Crippen LogP contribution in [0.15, 0.2) is 22.7 Å². The molecule has 0 aliphatic carbocycles. The van der Waals surface area contributed by atoms with Gasteiger partial charge in [-0.05, 0) is 52.4 Å². The lowest BCUT2D eigenvalue weighted by atomic mass is 9.94. The van der Waals surface area contributed by atoms with Crippen LogP contribution in [0, 0.1) is 11.7 Å². The van der Waals surface area contributed by atoms with Gasteiger partial charge in [-0.2, -0.15) is 0 Å². The molecule has 1 saturated heterocycles. The first-order valence-corrected chi connectivity index (χ1v) is 8.39. The van der Waals surface area contributed by atoms with E-state index < -0.39 is 9.84 Å². The maximum Gasteiger partial charge on any atom is 0.150 e. The van der Waals surface area contributed by atoms with Gasteiger partial charge in [0.2, 0.25) is 0 Å². The molecule has 0 spiro atoms. The zero-order valence-electron chi connectivity index (χ0n) is 9.77. The quantitative estimate of drug-likeness (QED) is 0.917. The minimum absolute atomic E-state index is 0.0128. The first-order valence-electron chi connectivity index (χ1n) is 5.77. The lowest BCUT2D eigenvalue weighted by molar-refractivity contribution is 0.460. The van der Waals surface area contributed by atoms with Gasteiger partial charge in [0.1, 0.15) is 5.82 Å². The van der Waals surface area contributed by atoms with Gasteiger partial charge in [-0.1, -0.05) is 6.07 Å². The number of sulfone groups is 1. The van der Waals surface area contributed by atoms with Gasteiger partial charge in [-0.25, -0.2) is 12.8 Å². The molecule has 3 nitrogen and oxygen atoms in total. The van der Waals surface area contributed by atoms with E-state index in [-0.39, 0.29) is 29.3 Å². The van der Waals surface area contributed by atoms with Crippen molar-refractivity contribution in [3.63, 3.8) is 0 Å². The van der Waals surface area contributed by atoms with E-state index in [1.165, 1.54) is 6.07 Å². The van der Waals surface area contributed by atoms with Crippen molar-refractivity contribution in [1.29, 1.82) is 0 Å². The molecule has 0 saturated carbocycles. The predicted molar refractivity (Wildman–Crippen MR) is 72.5 cm³/mol. The molecule has 1 aromatic rings. The maximum absolute atomic E-state index is 13.1. The first-order chi connectivity index (χ1) is 8.37. The zero-order chi connectivity index (χ0) is 13.3. The Labute approximate surface area is 115 Å². The van der Waals surface area contributed by atoms with Crippen LogP contribution in [-0.4, -0.2) is 26.0 Å². The van der Waals surface area contributed by atoms with Crippen LogP contribution in [0.25, 0.3) is 0 Å². The van der Waals surface area contributed by atoms with Crippen LogP contribution in [0.1, 0.15) is 12.0 Å². The molecule has 18 heavy (non-hydrogen) atoms. The monoisotopic (exact) mass is 335 g/mol. The number of rotatable bonds is 3. The van der Waals surface area contributed by atoms with Gasteiger partial charge in [0, 0.05) is 6.04 Å². The Morgan fingerprint density at radius 2 is 2.22 bits per heavy atom. The highest BCUT2D eigenvalue weighted by atomic mass is 79.9. The van der Waals surface area contributed by atoms with Crippen molar-refractivity contribution in [2.75, 3.05) is 11.5 Å². The predicted octanol–water partition coefficient (Wildman–Crippen LogP) is 1.89. The molecule has 1 heterocycles. The van der Waals surface area contributed by atoms with Gasteiger partial charge in [-0.3, -0.25) is 0 Å². The molecule has 0 amide bonds. The molecule has 6 heteroatoms. The van der Waals surface area contributed by atoms with Gasteiger partial charge in [0.05, 0.1) is 16.0 Å². The minimum Gasteiger partial charge on any atom is -0.327 e.